The average Bonchev–Trinajstić information content (AvgIpc) is 4.10. The van der Waals surface area contributed by atoms with Gasteiger partial charge in [-0.25, -0.2) is 4.84 Å². The van der Waals surface area contributed by atoms with Crippen LogP contribution in [0.2, 0.25) is 0 Å². The van der Waals surface area contributed by atoms with Gasteiger partial charge in [-0.1, -0.05) is 39.8 Å². The molecule has 1 spiro atoms. The Labute approximate surface area is 403 Å². The van der Waals surface area contributed by atoms with Gasteiger partial charge in [-0.15, -0.1) is 0 Å². The van der Waals surface area contributed by atoms with Gasteiger partial charge in [0.25, 0.3) is 5.91 Å². The van der Waals surface area contributed by atoms with Crippen LogP contribution in [0.1, 0.15) is 96.6 Å². The highest BCUT2D eigenvalue weighted by Crippen LogP contribution is 2.44. The molecule has 9 rings (SSSR count). The summed E-state index contributed by atoms with van der Waals surface area (Å²) in [5, 5.41) is 19.9. The van der Waals surface area contributed by atoms with Crippen LogP contribution in [-0.2, 0) is 48.1 Å². The van der Waals surface area contributed by atoms with E-state index in [1.165, 1.54) is 5.01 Å². The number of methoxy groups -OCH3 is 1. The number of likely N-dealkylation sites (tertiary alicyclic amines) is 2. The maximum absolute atomic E-state index is 14.8. The third-order valence-electron chi connectivity index (χ3n) is 15.0. The van der Waals surface area contributed by atoms with Crippen LogP contribution in [0.5, 0.6) is 5.75 Å². The molecule has 69 heavy (non-hydrogen) atoms. The number of aryl methyl sites for hydroxylation is 1. The Morgan fingerprint density at radius 1 is 1.04 bits per heavy atom. The van der Waals surface area contributed by atoms with Crippen LogP contribution in [0, 0.1) is 21.7 Å². The van der Waals surface area contributed by atoms with E-state index >= 15 is 0 Å². The number of amides is 4. The van der Waals surface area contributed by atoms with E-state index in [9.17, 15) is 29.2 Å². The zero-order chi connectivity index (χ0) is 48.9. The van der Waals surface area contributed by atoms with Crippen LogP contribution in [0.25, 0.3) is 33.3 Å². The number of nitrogens with one attached hydrogen (secondary N) is 3. The Balaban J connectivity index is 1.09. The van der Waals surface area contributed by atoms with Crippen molar-refractivity contribution in [3.05, 3.63) is 76.5 Å². The van der Waals surface area contributed by atoms with E-state index in [4.69, 9.17) is 14.6 Å². The standard InChI is InChI=1S/C52H67N9O8/c1-8-58-42-15-14-34-26-38(42)39(46(58)37-12-9-18-53-44(37)32(4)68-7)27-51(5,6)30-69-61(67)43-13-10-20-60(56-43)49(65)40(24-33-22-35(34)25-36(62)23-33)55-47(63)45(31(2)3)59-21-17-52(50(59)66)16-11-19-57(29-52)48(64)41-28-54-41/h9,12,14-15,18,22-23,25-26,31-32,40-41,43,45,54,56H,8,10-11,13,16-17,19-21,24,27-30H2,1-7H3,(H-,55,62,63)/p+1/t32-,40-,41-,43+,45-,52-/m0/s1. The number of carbonyl (C=O) groups is 4. The highest BCUT2D eigenvalue weighted by atomic mass is 16.8. The second-order valence-corrected chi connectivity index (χ2v) is 21.0. The van der Waals surface area contributed by atoms with E-state index in [-0.39, 0.29) is 55.2 Å². The topological polar surface area (TPSA) is 201 Å². The molecule has 0 radical (unpaired) electrons. The van der Waals surface area contributed by atoms with Gasteiger partial charge >= 0.3 is 6.17 Å². The highest BCUT2D eigenvalue weighted by Gasteiger charge is 2.53. The van der Waals surface area contributed by atoms with Crippen molar-refractivity contribution in [2.24, 2.45) is 16.7 Å². The van der Waals surface area contributed by atoms with Crippen LogP contribution in [-0.4, -0.2) is 129 Å². The smallest absolute Gasteiger partial charge is 0.326 e. The highest BCUT2D eigenvalue weighted by molar-refractivity contribution is 5.97. The Hall–Kier alpha value is -5.91. The molecule has 4 N–H and O–H groups in total. The molecule has 5 aliphatic heterocycles. The van der Waals surface area contributed by atoms with E-state index in [1.807, 2.05) is 39.0 Å². The van der Waals surface area contributed by atoms with E-state index in [0.717, 1.165) is 44.5 Å². The SMILES string of the molecule is CCn1c(-c2cccnc2[C@H](C)OC)c2c3cc(ccc31)-c1cc(O)cc(c1)C[C@H](NC(=O)[C@H](C(C)C)N1CC[C@]3(CCCN(C(=O)[C@@H]4CN4)C3)C1=O)C(=O)N1CCC[C@H](N1)[N+](=O)OCC(C)(C)C2. The van der Waals surface area contributed by atoms with Crippen LogP contribution in [0.15, 0.2) is 54.7 Å². The number of hydrazine groups is 1. The molecule has 4 saturated heterocycles. The van der Waals surface area contributed by atoms with Crippen LogP contribution >= 0.6 is 0 Å². The van der Waals surface area contributed by atoms with Crippen molar-refractivity contribution in [2.45, 2.75) is 123 Å². The lowest BCUT2D eigenvalue weighted by atomic mass is 9.78. The maximum atomic E-state index is 14.8. The minimum Gasteiger partial charge on any atom is -0.508 e. The van der Waals surface area contributed by atoms with E-state index in [2.05, 4.69) is 59.6 Å². The van der Waals surface area contributed by atoms with Crippen LogP contribution in [0.3, 0.4) is 0 Å². The van der Waals surface area contributed by atoms with Gasteiger partial charge < -0.3 is 34.8 Å². The number of carbonyl (C=O) groups excluding carboxylic acids is 4. The van der Waals surface area contributed by atoms with E-state index in [1.54, 1.807) is 35.2 Å². The lowest BCUT2D eigenvalue weighted by Crippen LogP contribution is -2.62. The fourth-order valence-electron chi connectivity index (χ4n) is 11.3. The van der Waals surface area contributed by atoms with Crippen molar-refractivity contribution < 1.29 is 38.8 Å². The van der Waals surface area contributed by atoms with Crippen molar-refractivity contribution >= 4 is 34.5 Å². The number of rotatable bonds is 9. The molecule has 6 atom stereocenters. The first-order valence-electron chi connectivity index (χ1n) is 24.8. The monoisotopic (exact) mass is 947 g/mol. The molecule has 2 aromatic heterocycles. The van der Waals surface area contributed by atoms with Gasteiger partial charge in [-0.3, -0.25) is 29.2 Å². The Kier molecular flexibility index (Phi) is 13.3. The van der Waals surface area contributed by atoms with Crippen LogP contribution in [0.4, 0.5) is 0 Å². The van der Waals surface area contributed by atoms with Crippen molar-refractivity contribution in [1.29, 1.82) is 0 Å². The first-order chi connectivity index (χ1) is 33.0. The predicted molar refractivity (Wildman–Crippen MR) is 259 cm³/mol. The molecule has 17 heteroatoms. The number of hydrogen-bond acceptors (Lipinski definition) is 11. The van der Waals surface area contributed by atoms with Gasteiger partial charge in [0.15, 0.2) is 6.61 Å². The van der Waals surface area contributed by atoms with Gasteiger partial charge in [0, 0.05) is 87.3 Å². The number of phenolic OH excluding ortho intramolecular Hbond substituents is 1. The number of phenols is 1. The molecule has 6 bridgehead atoms. The van der Waals surface area contributed by atoms with Gasteiger partial charge in [-0.2, -0.15) is 5.43 Å². The first kappa shape index (κ1) is 48.1. The van der Waals surface area contributed by atoms with Crippen molar-refractivity contribution in [2.75, 3.05) is 46.4 Å². The third-order valence-corrected chi connectivity index (χ3v) is 15.0. The summed E-state index contributed by atoms with van der Waals surface area (Å²) in [5.41, 5.74) is 8.77. The quantitative estimate of drug-likeness (QED) is 0.156. The predicted octanol–water partition coefficient (Wildman–Crippen LogP) is 5.41. The molecule has 368 valence electrons. The molecule has 5 aliphatic rings. The zero-order valence-corrected chi connectivity index (χ0v) is 41.0. The number of ether oxygens (including phenoxy) is 1. The molecular weight excluding hydrogens is 879 g/mol. The molecule has 0 aliphatic carbocycles. The molecule has 7 heterocycles. The van der Waals surface area contributed by atoms with E-state index < -0.39 is 40.9 Å². The Morgan fingerprint density at radius 2 is 1.84 bits per heavy atom. The number of aromatic nitrogens is 2. The van der Waals surface area contributed by atoms with E-state index in [0.29, 0.717) is 81.7 Å². The number of nitrogens with zero attached hydrogens (tertiary/aromatic N) is 6. The van der Waals surface area contributed by atoms with Gasteiger partial charge in [-0.05, 0) is 111 Å². The Bertz CT molecular complexity index is 2660. The molecule has 0 unspecified atom stereocenters. The minimum absolute atomic E-state index is 0.000887. The molecule has 4 aromatic rings. The lowest BCUT2D eigenvalue weighted by Gasteiger charge is -2.40. The fourth-order valence-corrected chi connectivity index (χ4v) is 11.3. The van der Waals surface area contributed by atoms with Gasteiger partial charge in [0.2, 0.25) is 22.6 Å². The summed E-state index contributed by atoms with van der Waals surface area (Å²) in [6.07, 6.45) is 3.90. The number of piperidine rings is 1. The fraction of sp³-hybridized carbons (Fsp3) is 0.558. The van der Waals surface area contributed by atoms with Crippen molar-refractivity contribution in [3.63, 3.8) is 0 Å². The Morgan fingerprint density at radius 3 is 2.58 bits per heavy atom. The number of fused-ring (bicyclic) bond motifs is 6. The summed E-state index contributed by atoms with van der Waals surface area (Å²) in [6, 6.07) is 13.3. The van der Waals surface area contributed by atoms with Crippen LogP contribution < -0.4 is 16.1 Å². The largest absolute Gasteiger partial charge is 0.508 e. The molecule has 0 saturated carbocycles. The first-order valence-corrected chi connectivity index (χ1v) is 24.8. The van der Waals surface area contributed by atoms with Crippen molar-refractivity contribution in [3.8, 4) is 28.1 Å². The molecule has 4 amide bonds. The molecule has 2 aromatic carbocycles. The second-order valence-electron chi connectivity index (χ2n) is 21.0. The summed E-state index contributed by atoms with van der Waals surface area (Å²) in [7, 11) is 1.67. The summed E-state index contributed by atoms with van der Waals surface area (Å²) in [4.78, 5) is 86.1. The minimum atomic E-state index is -1.16. The normalized spacial score (nSPS) is 24.9. The zero-order valence-electron chi connectivity index (χ0n) is 41.0. The number of pyridine rings is 1. The molecular formula is C52H68N9O8+. The van der Waals surface area contributed by atoms with Crippen molar-refractivity contribution in [1.82, 2.24) is 40.4 Å². The number of hydrogen-bond donors (Lipinski definition) is 4. The van der Waals surface area contributed by atoms with Gasteiger partial charge in [0.05, 0.1) is 33.9 Å². The second kappa shape index (κ2) is 19.1. The summed E-state index contributed by atoms with van der Waals surface area (Å²) < 4.78 is 8.11. The molecule has 4 fully saturated rings. The molecule has 17 nitrogen and oxygen atoms in total. The summed E-state index contributed by atoms with van der Waals surface area (Å²) in [5.74, 6) is -1.38. The van der Waals surface area contributed by atoms with Gasteiger partial charge in [0.1, 0.15) is 17.8 Å². The summed E-state index contributed by atoms with van der Waals surface area (Å²) in [6.45, 7) is 14.9. The summed E-state index contributed by atoms with van der Waals surface area (Å²) >= 11 is 0. The lowest BCUT2D eigenvalue weighted by molar-refractivity contribution is -0.835. The number of benzene rings is 2. The maximum Gasteiger partial charge on any atom is 0.326 e. The third kappa shape index (κ3) is 9.44. The number of aromatic hydroxyl groups is 1. The average molecular weight is 947 g/mol.